The lowest BCUT2D eigenvalue weighted by Gasteiger charge is -2.06. The van der Waals surface area contributed by atoms with Crippen molar-refractivity contribution in [3.05, 3.63) is 41.6 Å². The summed E-state index contributed by atoms with van der Waals surface area (Å²) < 4.78 is 37.1. The van der Waals surface area contributed by atoms with Crippen LogP contribution in [0.1, 0.15) is 11.3 Å². The zero-order valence-electron chi connectivity index (χ0n) is 7.97. The molecule has 0 amide bonds. The summed E-state index contributed by atoms with van der Waals surface area (Å²) in [7, 11) is 0. The Bertz CT molecular complexity index is 503. The zero-order chi connectivity index (χ0) is 11.1. The van der Waals surface area contributed by atoms with Crippen LogP contribution in [-0.2, 0) is 6.18 Å². The van der Waals surface area contributed by atoms with Gasteiger partial charge < -0.3 is 0 Å². The van der Waals surface area contributed by atoms with E-state index >= 15 is 0 Å². The fourth-order valence-electron chi connectivity index (χ4n) is 1.39. The van der Waals surface area contributed by atoms with E-state index in [1.54, 1.807) is 12.1 Å². The molecule has 0 aliphatic carbocycles. The van der Waals surface area contributed by atoms with Crippen LogP contribution in [0.3, 0.4) is 0 Å². The number of hydrogen-bond acceptors (Lipinski definition) is 1. The number of halogens is 3. The highest BCUT2D eigenvalue weighted by Crippen LogP contribution is 2.29. The molecule has 0 fully saturated rings. The van der Waals surface area contributed by atoms with Gasteiger partial charge in [0, 0.05) is 5.39 Å². The van der Waals surface area contributed by atoms with Gasteiger partial charge in [-0.25, -0.2) is 4.98 Å². The molecule has 15 heavy (non-hydrogen) atoms. The van der Waals surface area contributed by atoms with Gasteiger partial charge >= 0.3 is 6.18 Å². The molecule has 1 heterocycles. The Morgan fingerprint density at radius 3 is 2.40 bits per heavy atom. The van der Waals surface area contributed by atoms with Gasteiger partial charge in [-0.3, -0.25) is 0 Å². The van der Waals surface area contributed by atoms with Crippen LogP contribution < -0.4 is 0 Å². The summed E-state index contributed by atoms with van der Waals surface area (Å²) in [6, 6.07) is 7.68. The lowest BCUT2D eigenvalue weighted by Crippen LogP contribution is -2.07. The molecule has 0 aliphatic rings. The largest absolute Gasteiger partial charge is 0.433 e. The summed E-state index contributed by atoms with van der Waals surface area (Å²) in [5.74, 6) is 0. The van der Waals surface area contributed by atoms with Gasteiger partial charge in [-0.15, -0.1) is 0 Å². The van der Waals surface area contributed by atoms with Crippen molar-refractivity contribution in [1.82, 2.24) is 4.98 Å². The molecule has 0 spiro atoms. The Labute approximate surface area is 84.6 Å². The standard InChI is InChI=1S/C11H8F3N/c1-7-2-3-8-4-5-10(11(12,13)14)15-9(8)6-7/h2-6H,1H3. The highest BCUT2D eigenvalue weighted by Gasteiger charge is 2.32. The van der Waals surface area contributed by atoms with E-state index in [9.17, 15) is 13.2 Å². The van der Waals surface area contributed by atoms with Gasteiger partial charge in [-0.1, -0.05) is 18.2 Å². The first-order valence-electron chi connectivity index (χ1n) is 4.41. The maximum atomic E-state index is 12.4. The van der Waals surface area contributed by atoms with E-state index in [1.807, 2.05) is 13.0 Å². The van der Waals surface area contributed by atoms with Crippen molar-refractivity contribution in [3.8, 4) is 0 Å². The summed E-state index contributed by atoms with van der Waals surface area (Å²) >= 11 is 0. The molecular formula is C11H8F3N. The van der Waals surface area contributed by atoms with Gasteiger partial charge in [-0.2, -0.15) is 13.2 Å². The van der Waals surface area contributed by atoms with Gasteiger partial charge in [0.05, 0.1) is 5.52 Å². The average Bonchev–Trinajstić information content (AvgIpc) is 2.15. The Kier molecular flexibility index (Phi) is 2.14. The van der Waals surface area contributed by atoms with Gasteiger partial charge in [0.1, 0.15) is 5.69 Å². The van der Waals surface area contributed by atoms with E-state index in [0.717, 1.165) is 11.6 Å². The fourth-order valence-corrected chi connectivity index (χ4v) is 1.39. The molecule has 0 N–H and O–H groups in total. The monoisotopic (exact) mass is 211 g/mol. The Balaban J connectivity index is 2.64. The number of nitrogens with zero attached hydrogens (tertiary/aromatic N) is 1. The normalized spacial score (nSPS) is 12.0. The molecule has 0 saturated carbocycles. The summed E-state index contributed by atoms with van der Waals surface area (Å²) in [6.07, 6.45) is -4.38. The van der Waals surface area contributed by atoms with Gasteiger partial charge in [0.2, 0.25) is 0 Å². The SMILES string of the molecule is Cc1ccc2ccc(C(F)(F)F)nc2c1. The Morgan fingerprint density at radius 1 is 1.07 bits per heavy atom. The third-order valence-corrected chi connectivity index (χ3v) is 2.14. The number of aryl methyl sites for hydroxylation is 1. The fraction of sp³-hybridized carbons (Fsp3) is 0.182. The van der Waals surface area contributed by atoms with Crippen LogP contribution >= 0.6 is 0 Å². The number of fused-ring (bicyclic) bond motifs is 1. The van der Waals surface area contributed by atoms with Gasteiger partial charge in [0.25, 0.3) is 0 Å². The first-order valence-corrected chi connectivity index (χ1v) is 4.41. The first kappa shape index (κ1) is 9.96. The number of pyridine rings is 1. The van der Waals surface area contributed by atoms with Crippen LogP contribution in [0.4, 0.5) is 13.2 Å². The molecule has 2 aromatic rings. The predicted octanol–water partition coefficient (Wildman–Crippen LogP) is 3.56. The third kappa shape index (κ3) is 1.93. The van der Waals surface area contributed by atoms with E-state index in [0.29, 0.717) is 10.9 Å². The molecule has 78 valence electrons. The second-order valence-electron chi connectivity index (χ2n) is 3.39. The maximum Gasteiger partial charge on any atom is 0.433 e. The molecule has 1 aromatic carbocycles. The van der Waals surface area contributed by atoms with E-state index in [4.69, 9.17) is 0 Å². The van der Waals surface area contributed by atoms with Crippen molar-refractivity contribution >= 4 is 10.9 Å². The second kappa shape index (κ2) is 3.22. The van der Waals surface area contributed by atoms with Crippen molar-refractivity contribution in [2.45, 2.75) is 13.1 Å². The highest BCUT2D eigenvalue weighted by molar-refractivity contribution is 5.79. The topological polar surface area (TPSA) is 12.9 Å². The molecule has 0 bridgehead atoms. The average molecular weight is 211 g/mol. The zero-order valence-corrected chi connectivity index (χ0v) is 7.97. The predicted molar refractivity (Wildman–Crippen MR) is 51.5 cm³/mol. The van der Waals surface area contributed by atoms with Crippen molar-refractivity contribution in [1.29, 1.82) is 0 Å². The molecule has 0 radical (unpaired) electrons. The van der Waals surface area contributed by atoms with Crippen LogP contribution in [0.25, 0.3) is 10.9 Å². The van der Waals surface area contributed by atoms with Crippen molar-refractivity contribution in [2.75, 3.05) is 0 Å². The quantitative estimate of drug-likeness (QED) is 0.649. The number of rotatable bonds is 0. The van der Waals surface area contributed by atoms with Crippen LogP contribution in [0.5, 0.6) is 0 Å². The highest BCUT2D eigenvalue weighted by atomic mass is 19.4. The van der Waals surface area contributed by atoms with Crippen LogP contribution in [0.15, 0.2) is 30.3 Å². The van der Waals surface area contributed by atoms with Crippen molar-refractivity contribution < 1.29 is 13.2 Å². The van der Waals surface area contributed by atoms with Crippen LogP contribution in [0.2, 0.25) is 0 Å². The second-order valence-corrected chi connectivity index (χ2v) is 3.39. The van der Waals surface area contributed by atoms with Gasteiger partial charge in [-0.05, 0) is 24.6 Å². The summed E-state index contributed by atoms with van der Waals surface area (Å²) in [5.41, 5.74) is 0.430. The maximum absolute atomic E-state index is 12.4. The van der Waals surface area contributed by atoms with Crippen LogP contribution in [-0.4, -0.2) is 4.98 Å². The summed E-state index contributed by atoms with van der Waals surface area (Å²) in [6.45, 7) is 1.82. The molecule has 0 saturated heterocycles. The van der Waals surface area contributed by atoms with Crippen molar-refractivity contribution in [3.63, 3.8) is 0 Å². The molecule has 0 aliphatic heterocycles. The minimum atomic E-state index is -4.38. The first-order chi connectivity index (χ1) is 6.97. The molecule has 0 atom stereocenters. The summed E-state index contributed by atoms with van der Waals surface area (Å²) in [4.78, 5) is 3.58. The third-order valence-electron chi connectivity index (χ3n) is 2.14. The van der Waals surface area contributed by atoms with Crippen LogP contribution in [0, 0.1) is 6.92 Å². The number of aromatic nitrogens is 1. The molecule has 0 unspecified atom stereocenters. The van der Waals surface area contributed by atoms with Crippen molar-refractivity contribution in [2.24, 2.45) is 0 Å². The smallest absolute Gasteiger partial charge is 0.243 e. The number of hydrogen-bond donors (Lipinski definition) is 0. The minimum Gasteiger partial charge on any atom is -0.243 e. The van der Waals surface area contributed by atoms with E-state index in [2.05, 4.69) is 4.98 Å². The van der Waals surface area contributed by atoms with Gasteiger partial charge in [0.15, 0.2) is 0 Å². The molecule has 1 nitrogen and oxygen atoms in total. The number of alkyl halides is 3. The molecule has 4 heteroatoms. The number of benzene rings is 1. The van der Waals surface area contributed by atoms with E-state index in [1.165, 1.54) is 6.07 Å². The summed E-state index contributed by atoms with van der Waals surface area (Å²) in [5, 5.41) is 0.716. The lowest BCUT2D eigenvalue weighted by atomic mass is 10.1. The minimum absolute atomic E-state index is 0.379. The Hall–Kier alpha value is -1.58. The molecule has 1 aromatic heterocycles. The molecule has 2 rings (SSSR count). The lowest BCUT2D eigenvalue weighted by molar-refractivity contribution is -0.140. The van der Waals surface area contributed by atoms with E-state index < -0.39 is 11.9 Å². The van der Waals surface area contributed by atoms with E-state index in [-0.39, 0.29) is 0 Å². The molecular weight excluding hydrogens is 203 g/mol. The Morgan fingerprint density at radius 2 is 1.73 bits per heavy atom.